The molecule has 5 nitrogen and oxygen atoms in total. The lowest BCUT2D eigenvalue weighted by Crippen LogP contribution is -2.13. The number of oxime groups is 1. The summed E-state index contributed by atoms with van der Waals surface area (Å²) in [5, 5.41) is 4.55. The summed E-state index contributed by atoms with van der Waals surface area (Å²) in [6, 6.07) is 16.8. The van der Waals surface area contributed by atoms with Crippen molar-refractivity contribution in [1.82, 2.24) is 4.98 Å². The quantitative estimate of drug-likeness (QED) is 0.318. The molecule has 0 radical (unpaired) electrons. The van der Waals surface area contributed by atoms with Gasteiger partial charge in [0.2, 0.25) is 0 Å². The van der Waals surface area contributed by atoms with E-state index >= 15 is 0 Å². The van der Waals surface area contributed by atoms with Crippen LogP contribution in [0.2, 0.25) is 5.02 Å². The highest BCUT2D eigenvalue weighted by molar-refractivity contribution is 9.10. The molecule has 0 aliphatic heterocycles. The Bertz CT molecular complexity index is 918. The van der Waals surface area contributed by atoms with Gasteiger partial charge in [0.15, 0.2) is 5.84 Å². The molecule has 0 unspecified atom stereocenters. The molecule has 0 saturated carbocycles. The van der Waals surface area contributed by atoms with Crippen molar-refractivity contribution in [3.63, 3.8) is 0 Å². The monoisotopic (exact) mass is 445 g/mol. The number of benzene rings is 2. The van der Waals surface area contributed by atoms with Gasteiger partial charge in [0.05, 0.1) is 5.02 Å². The number of nitrogens with zero attached hydrogens (tertiary/aromatic N) is 2. The Morgan fingerprint density at radius 2 is 1.89 bits per heavy atom. The van der Waals surface area contributed by atoms with E-state index in [0.29, 0.717) is 11.6 Å². The molecule has 27 heavy (non-hydrogen) atoms. The maximum absolute atomic E-state index is 6.19. The smallest absolute Gasteiger partial charge is 0.170 e. The molecule has 7 heteroatoms. The number of aromatic nitrogens is 1. The van der Waals surface area contributed by atoms with E-state index < -0.39 is 0 Å². The zero-order chi connectivity index (χ0) is 19.1. The fourth-order valence-corrected chi connectivity index (χ4v) is 2.84. The van der Waals surface area contributed by atoms with Crippen LogP contribution in [0.25, 0.3) is 0 Å². The molecular formula is C20H17BrClN3O2. The maximum Gasteiger partial charge on any atom is 0.170 e. The van der Waals surface area contributed by atoms with Gasteiger partial charge in [0.1, 0.15) is 19.0 Å². The van der Waals surface area contributed by atoms with Gasteiger partial charge in [0.25, 0.3) is 0 Å². The van der Waals surface area contributed by atoms with Crippen molar-refractivity contribution < 1.29 is 9.57 Å². The summed E-state index contributed by atoms with van der Waals surface area (Å²) in [5.74, 6) is 1.01. The Hall–Kier alpha value is -2.57. The van der Waals surface area contributed by atoms with Crippen LogP contribution in [0.3, 0.4) is 0 Å². The molecule has 1 heterocycles. The van der Waals surface area contributed by atoms with Crippen LogP contribution in [0.1, 0.15) is 16.7 Å². The molecule has 2 N–H and O–H groups in total. The third-order valence-electron chi connectivity index (χ3n) is 3.69. The van der Waals surface area contributed by atoms with Gasteiger partial charge in [-0.1, -0.05) is 35.0 Å². The molecule has 138 valence electrons. The summed E-state index contributed by atoms with van der Waals surface area (Å²) >= 11 is 9.57. The number of rotatable bonds is 7. The van der Waals surface area contributed by atoms with E-state index in [-0.39, 0.29) is 12.4 Å². The summed E-state index contributed by atoms with van der Waals surface area (Å²) < 4.78 is 6.53. The number of ether oxygens (including phenoxy) is 1. The molecule has 1 aromatic heterocycles. The second-order valence-corrected chi connectivity index (χ2v) is 6.87. The van der Waals surface area contributed by atoms with Crippen molar-refractivity contribution in [3.8, 4) is 5.75 Å². The number of amidine groups is 1. The Labute approximate surface area is 170 Å². The summed E-state index contributed by atoms with van der Waals surface area (Å²) in [7, 11) is 0. The molecule has 0 fully saturated rings. The summed E-state index contributed by atoms with van der Waals surface area (Å²) in [6.45, 7) is 0.679. The maximum atomic E-state index is 6.19. The highest BCUT2D eigenvalue weighted by atomic mass is 79.9. The van der Waals surface area contributed by atoms with Crippen molar-refractivity contribution in [2.24, 2.45) is 10.9 Å². The fourth-order valence-electron chi connectivity index (χ4n) is 2.26. The van der Waals surface area contributed by atoms with E-state index in [4.69, 9.17) is 26.9 Å². The van der Waals surface area contributed by atoms with Crippen LogP contribution < -0.4 is 10.5 Å². The number of hydrogen-bond acceptors (Lipinski definition) is 4. The van der Waals surface area contributed by atoms with Crippen LogP contribution in [0.4, 0.5) is 0 Å². The Morgan fingerprint density at radius 1 is 1.07 bits per heavy atom. The van der Waals surface area contributed by atoms with E-state index in [0.717, 1.165) is 26.9 Å². The Balaban J connectivity index is 1.55. The molecule has 0 saturated heterocycles. The lowest BCUT2D eigenvalue weighted by atomic mass is 10.2. The first-order chi connectivity index (χ1) is 13.1. The highest BCUT2D eigenvalue weighted by Gasteiger charge is 2.05. The topological polar surface area (TPSA) is 69.7 Å². The minimum absolute atomic E-state index is 0.227. The van der Waals surface area contributed by atoms with Crippen LogP contribution in [0.5, 0.6) is 5.75 Å². The van der Waals surface area contributed by atoms with Crippen LogP contribution in [-0.2, 0) is 18.1 Å². The van der Waals surface area contributed by atoms with Crippen LogP contribution >= 0.6 is 27.5 Å². The lowest BCUT2D eigenvalue weighted by Gasteiger charge is -2.08. The summed E-state index contributed by atoms with van der Waals surface area (Å²) in [4.78, 5) is 9.38. The molecule has 0 aliphatic rings. The molecule has 3 rings (SSSR count). The second kappa shape index (κ2) is 9.39. The predicted octanol–water partition coefficient (Wildman–Crippen LogP) is 4.91. The van der Waals surface area contributed by atoms with Gasteiger partial charge in [-0.3, -0.25) is 4.98 Å². The minimum atomic E-state index is 0.227. The largest absolute Gasteiger partial charge is 0.489 e. The van der Waals surface area contributed by atoms with Gasteiger partial charge >= 0.3 is 0 Å². The standard InChI is InChI=1S/C20H17BrClN3O2/c21-18-5-1-4-16(19(18)22)13-27-25-20(23)15-6-8-17(9-7-15)26-12-14-3-2-10-24-11-14/h1-11H,12-13H2,(H2,23,25). The fraction of sp³-hybridized carbons (Fsp3) is 0.100. The van der Waals surface area contributed by atoms with Gasteiger partial charge in [-0.25, -0.2) is 0 Å². The zero-order valence-corrected chi connectivity index (χ0v) is 16.7. The van der Waals surface area contributed by atoms with Crippen LogP contribution in [0.15, 0.2) is 76.6 Å². The number of pyridine rings is 1. The lowest BCUT2D eigenvalue weighted by molar-refractivity contribution is 0.130. The first kappa shape index (κ1) is 19.2. The van der Waals surface area contributed by atoms with Gasteiger partial charge < -0.3 is 15.3 Å². The molecule has 3 aromatic rings. The molecular weight excluding hydrogens is 430 g/mol. The first-order valence-electron chi connectivity index (χ1n) is 8.14. The third-order valence-corrected chi connectivity index (χ3v) is 5.03. The summed E-state index contributed by atoms with van der Waals surface area (Å²) in [6.07, 6.45) is 3.50. The average molecular weight is 447 g/mol. The molecule has 0 aliphatic carbocycles. The van der Waals surface area contributed by atoms with E-state index in [1.165, 1.54) is 0 Å². The first-order valence-corrected chi connectivity index (χ1v) is 9.31. The average Bonchev–Trinajstić information content (AvgIpc) is 2.70. The molecule has 0 spiro atoms. The van der Waals surface area contributed by atoms with Gasteiger partial charge in [-0.15, -0.1) is 0 Å². The van der Waals surface area contributed by atoms with Crippen LogP contribution in [-0.4, -0.2) is 10.8 Å². The van der Waals surface area contributed by atoms with E-state index in [1.807, 2.05) is 54.6 Å². The highest BCUT2D eigenvalue weighted by Crippen LogP contribution is 2.26. The number of nitrogens with two attached hydrogens (primary N) is 1. The van der Waals surface area contributed by atoms with E-state index in [2.05, 4.69) is 26.1 Å². The van der Waals surface area contributed by atoms with Crippen molar-refractivity contribution in [2.45, 2.75) is 13.2 Å². The predicted molar refractivity (Wildman–Crippen MR) is 110 cm³/mol. The van der Waals surface area contributed by atoms with Crippen molar-refractivity contribution in [2.75, 3.05) is 0 Å². The molecule has 0 atom stereocenters. The van der Waals surface area contributed by atoms with Crippen LogP contribution in [0, 0.1) is 0 Å². The SMILES string of the molecule is N/C(=N\OCc1cccc(Br)c1Cl)c1ccc(OCc2cccnc2)cc1. The van der Waals surface area contributed by atoms with Gasteiger partial charge in [-0.2, -0.15) is 0 Å². The van der Waals surface area contributed by atoms with Crippen molar-refractivity contribution in [3.05, 3.63) is 93.2 Å². The molecule has 2 aromatic carbocycles. The van der Waals surface area contributed by atoms with Gasteiger partial charge in [0, 0.05) is 33.6 Å². The second-order valence-electron chi connectivity index (χ2n) is 5.64. The Kier molecular flexibility index (Phi) is 6.68. The number of hydrogen-bond donors (Lipinski definition) is 1. The Morgan fingerprint density at radius 3 is 2.63 bits per heavy atom. The van der Waals surface area contributed by atoms with E-state index in [9.17, 15) is 0 Å². The van der Waals surface area contributed by atoms with E-state index in [1.54, 1.807) is 12.4 Å². The minimum Gasteiger partial charge on any atom is -0.489 e. The zero-order valence-electron chi connectivity index (χ0n) is 14.3. The molecule has 0 amide bonds. The van der Waals surface area contributed by atoms with Gasteiger partial charge in [-0.05, 0) is 52.3 Å². The normalized spacial score (nSPS) is 11.3. The molecule has 0 bridgehead atoms. The van der Waals surface area contributed by atoms with Crippen molar-refractivity contribution in [1.29, 1.82) is 0 Å². The third kappa shape index (κ3) is 5.45. The van der Waals surface area contributed by atoms with Crippen molar-refractivity contribution >= 4 is 33.4 Å². The summed E-state index contributed by atoms with van der Waals surface area (Å²) in [5.41, 5.74) is 8.54. The number of halogens is 2.